The van der Waals surface area contributed by atoms with Crippen molar-refractivity contribution in [2.45, 2.75) is 119 Å². The lowest BCUT2D eigenvalue weighted by atomic mass is 9.47. The van der Waals surface area contributed by atoms with Crippen LogP contribution in [0.15, 0.2) is 0 Å². The molecule has 5 aliphatic rings. The zero-order valence-electron chi connectivity index (χ0n) is 25.8. The minimum absolute atomic E-state index is 0.0599. The van der Waals surface area contributed by atoms with Crippen molar-refractivity contribution in [1.82, 2.24) is 0 Å². The highest BCUT2D eigenvalue weighted by atomic mass is 28.4. The van der Waals surface area contributed by atoms with Gasteiger partial charge >= 0.3 is 14.5 Å². The molecule has 11 nitrogen and oxygen atoms in total. The van der Waals surface area contributed by atoms with Gasteiger partial charge in [0.1, 0.15) is 37.0 Å². The van der Waals surface area contributed by atoms with Crippen molar-refractivity contribution in [3.63, 3.8) is 0 Å². The van der Waals surface area contributed by atoms with Gasteiger partial charge in [-0.2, -0.15) is 0 Å². The van der Waals surface area contributed by atoms with Crippen LogP contribution < -0.4 is 0 Å². The number of rotatable bonds is 8. The number of carbonyl (C=O) groups is 1. The first-order valence-corrected chi connectivity index (χ1v) is 16.0. The molecular weight excluding hydrogens is 540 g/mol. The summed E-state index contributed by atoms with van der Waals surface area (Å²) in [4.78, 5) is 14.4. The molecule has 3 aliphatic heterocycles. The standard InChI is InChI=1S/C28H48O11Si/c1-23(2,3)40(24(4,5)6)37-17-12-16-19(35-15-32-10)28(39-25(16,7)13-34-14-31-9)26(8,30)20-18(36-20)21(38-40)27(17,28)22(29)33-11/h16-21,30H,12-15H2,1-11H3/t16-,17-,18-,19-,20+,21+,25+,26+,27-,28+/m1/s1. The highest BCUT2D eigenvalue weighted by Gasteiger charge is 2.94. The van der Waals surface area contributed by atoms with Gasteiger partial charge < -0.3 is 47.1 Å². The molecule has 5 rings (SSSR count). The van der Waals surface area contributed by atoms with Gasteiger partial charge in [-0.1, -0.05) is 41.5 Å². The zero-order chi connectivity index (χ0) is 29.7. The van der Waals surface area contributed by atoms with E-state index in [1.807, 2.05) is 6.92 Å². The molecule has 12 heteroatoms. The lowest BCUT2D eigenvalue weighted by Gasteiger charge is -2.68. The summed E-state index contributed by atoms with van der Waals surface area (Å²) in [6, 6.07) is 0. The molecule has 2 aliphatic carbocycles. The van der Waals surface area contributed by atoms with Gasteiger partial charge in [-0.15, -0.1) is 0 Å². The Morgan fingerprint density at radius 3 is 2.15 bits per heavy atom. The van der Waals surface area contributed by atoms with Crippen molar-refractivity contribution in [3.8, 4) is 0 Å². The van der Waals surface area contributed by atoms with Crippen LogP contribution in [0.1, 0.15) is 61.8 Å². The van der Waals surface area contributed by atoms with Gasteiger partial charge in [-0.3, -0.25) is 4.79 Å². The Bertz CT molecular complexity index is 993. The summed E-state index contributed by atoms with van der Waals surface area (Å²) in [5.41, 5.74) is -5.91. The van der Waals surface area contributed by atoms with Gasteiger partial charge in [-0.05, 0) is 20.3 Å². The van der Waals surface area contributed by atoms with Crippen molar-refractivity contribution < 1.29 is 51.9 Å². The molecule has 0 aromatic heterocycles. The molecule has 0 aromatic rings. The number of epoxide rings is 1. The topological polar surface area (TPSA) is 124 Å². The van der Waals surface area contributed by atoms with Crippen LogP contribution in [0.2, 0.25) is 10.1 Å². The normalized spacial score (nSPS) is 46.9. The maximum absolute atomic E-state index is 14.4. The summed E-state index contributed by atoms with van der Waals surface area (Å²) in [5.74, 6) is -0.914. The van der Waals surface area contributed by atoms with E-state index < -0.39 is 67.3 Å². The van der Waals surface area contributed by atoms with Gasteiger partial charge in [0, 0.05) is 30.2 Å². The van der Waals surface area contributed by atoms with Crippen molar-refractivity contribution in [2.24, 2.45) is 11.3 Å². The molecule has 0 unspecified atom stereocenters. The molecular formula is C28H48O11Si. The Balaban J connectivity index is 1.79. The van der Waals surface area contributed by atoms with E-state index in [2.05, 4.69) is 41.5 Å². The fourth-order valence-corrected chi connectivity index (χ4v) is 14.0. The fraction of sp³-hybridized carbons (Fsp3) is 0.964. The Kier molecular flexibility index (Phi) is 7.24. The molecule has 10 atom stereocenters. The Morgan fingerprint density at radius 1 is 0.975 bits per heavy atom. The van der Waals surface area contributed by atoms with Crippen LogP contribution in [0.3, 0.4) is 0 Å². The highest BCUT2D eigenvalue weighted by molar-refractivity contribution is 6.73. The first-order chi connectivity index (χ1) is 18.5. The Morgan fingerprint density at radius 2 is 1.60 bits per heavy atom. The number of methoxy groups -OCH3 is 3. The molecule has 1 N–H and O–H groups in total. The van der Waals surface area contributed by atoms with Crippen LogP contribution in [0.25, 0.3) is 0 Å². The lowest BCUT2D eigenvalue weighted by molar-refractivity contribution is -0.339. The van der Waals surface area contributed by atoms with Crippen LogP contribution in [0.5, 0.6) is 0 Å². The lowest BCUT2D eigenvalue weighted by Crippen LogP contribution is -2.87. The van der Waals surface area contributed by atoms with Crippen molar-refractivity contribution in [2.75, 3.05) is 41.5 Å². The molecule has 0 amide bonds. The highest BCUT2D eigenvalue weighted by Crippen LogP contribution is 2.75. The van der Waals surface area contributed by atoms with Gasteiger partial charge in [0.2, 0.25) is 0 Å². The van der Waals surface area contributed by atoms with Crippen molar-refractivity contribution in [1.29, 1.82) is 0 Å². The minimum atomic E-state index is -3.14. The summed E-state index contributed by atoms with van der Waals surface area (Å²) < 4.78 is 56.2. The average Bonchev–Trinajstić information content (AvgIpc) is 3.63. The number of ether oxygens (including phenoxy) is 7. The van der Waals surface area contributed by atoms with E-state index in [0.717, 1.165) is 0 Å². The number of hydrogen-bond acceptors (Lipinski definition) is 11. The quantitative estimate of drug-likeness (QED) is 0.148. The second-order valence-electron chi connectivity index (χ2n) is 14.5. The van der Waals surface area contributed by atoms with Gasteiger partial charge in [0.15, 0.2) is 5.41 Å². The summed E-state index contributed by atoms with van der Waals surface area (Å²) in [7, 11) is 1.29. The first kappa shape index (κ1) is 30.8. The zero-order valence-corrected chi connectivity index (χ0v) is 26.8. The average molecular weight is 589 g/mol. The third-order valence-electron chi connectivity index (χ3n) is 10.2. The van der Waals surface area contributed by atoms with E-state index in [4.69, 9.17) is 42.0 Å². The number of esters is 1. The number of carbonyl (C=O) groups excluding carboxylic acids is 1. The van der Waals surface area contributed by atoms with Crippen LogP contribution in [0.4, 0.5) is 0 Å². The molecule has 0 radical (unpaired) electrons. The molecule has 40 heavy (non-hydrogen) atoms. The van der Waals surface area contributed by atoms with E-state index >= 15 is 0 Å². The number of fused-ring (bicyclic) bond motifs is 3. The third kappa shape index (κ3) is 3.58. The summed E-state index contributed by atoms with van der Waals surface area (Å²) in [6.07, 6.45) is -3.06. The van der Waals surface area contributed by atoms with E-state index in [1.165, 1.54) is 14.2 Å². The number of hydrogen-bond donors (Lipinski definition) is 1. The molecule has 5 fully saturated rings. The van der Waals surface area contributed by atoms with Crippen LogP contribution in [-0.4, -0.2) is 108 Å². The molecule has 3 heterocycles. The first-order valence-electron chi connectivity index (χ1n) is 14.2. The fourth-order valence-electron chi connectivity index (χ4n) is 8.88. The summed E-state index contributed by atoms with van der Waals surface area (Å²) in [5, 5.41) is 11.8. The molecule has 230 valence electrons. The van der Waals surface area contributed by atoms with Crippen LogP contribution >= 0.6 is 0 Å². The molecule has 2 bridgehead atoms. The molecule has 3 saturated heterocycles. The second-order valence-corrected chi connectivity index (χ2v) is 19.2. The van der Waals surface area contributed by atoms with Crippen LogP contribution in [0, 0.1) is 11.3 Å². The minimum Gasteiger partial charge on any atom is -0.468 e. The van der Waals surface area contributed by atoms with Crippen molar-refractivity contribution in [3.05, 3.63) is 0 Å². The van der Waals surface area contributed by atoms with Gasteiger partial charge in [-0.25, -0.2) is 0 Å². The predicted octanol–water partition coefficient (Wildman–Crippen LogP) is 2.66. The number of aliphatic hydroxyl groups is 1. The Labute approximate surface area is 238 Å². The van der Waals surface area contributed by atoms with Gasteiger partial charge in [0.25, 0.3) is 0 Å². The SMILES string of the molecule is COCOC[C@]1(C)O[C@@]23[C@H](OCOC)[C@H]1C[C@H]1O[Si](C(C)(C)C)(C(C)(C)C)O[C@@H]([C@@H]4O[C@@H]4[C@]2(C)O)[C@@]13C(=O)OC. The summed E-state index contributed by atoms with van der Waals surface area (Å²) >= 11 is 0. The molecule has 0 aromatic carbocycles. The molecule has 2 saturated carbocycles. The monoisotopic (exact) mass is 588 g/mol. The second kappa shape index (κ2) is 9.41. The van der Waals surface area contributed by atoms with E-state index in [-0.39, 0.29) is 36.2 Å². The molecule has 1 spiro atoms. The van der Waals surface area contributed by atoms with E-state index in [0.29, 0.717) is 6.42 Å². The van der Waals surface area contributed by atoms with E-state index in [9.17, 15) is 9.90 Å². The predicted molar refractivity (Wildman–Crippen MR) is 144 cm³/mol. The Hall–Kier alpha value is -0.673. The van der Waals surface area contributed by atoms with Gasteiger partial charge in [0.05, 0.1) is 37.6 Å². The largest absolute Gasteiger partial charge is 0.468 e. The third-order valence-corrected chi connectivity index (χ3v) is 15.3. The maximum atomic E-state index is 14.4. The van der Waals surface area contributed by atoms with E-state index in [1.54, 1.807) is 14.0 Å². The maximum Gasteiger partial charge on any atom is 0.349 e. The van der Waals surface area contributed by atoms with Crippen molar-refractivity contribution >= 4 is 14.5 Å². The summed E-state index contributed by atoms with van der Waals surface area (Å²) in [6.45, 7) is 16.5. The van der Waals surface area contributed by atoms with Crippen LogP contribution in [-0.2, 0) is 46.8 Å². The smallest absolute Gasteiger partial charge is 0.349 e.